The number of amides is 1. The predicted octanol–water partition coefficient (Wildman–Crippen LogP) is 3.98. The molecule has 1 aromatic carbocycles. The molecule has 1 aromatic rings. The van der Waals surface area contributed by atoms with E-state index in [1.165, 1.54) is 18.6 Å². The zero-order valence-corrected chi connectivity index (χ0v) is 13.3. The Morgan fingerprint density at radius 2 is 1.90 bits per heavy atom. The minimum Gasteiger partial charge on any atom is -0.381 e. The third-order valence-corrected chi connectivity index (χ3v) is 5.01. The Labute approximate surface area is 125 Å². The molecule has 2 N–H and O–H groups in total. The first-order valence-electron chi connectivity index (χ1n) is 7.35. The lowest BCUT2D eigenvalue weighted by molar-refractivity contribution is -0.118. The molecule has 0 radical (unpaired) electrons. The smallest absolute Gasteiger partial charge is 0.226 e. The predicted molar refractivity (Wildman–Crippen MR) is 88.5 cm³/mol. The molecular weight excluding hydrogens is 268 g/mol. The van der Waals surface area contributed by atoms with Crippen LogP contribution < -0.4 is 10.6 Å². The molecule has 2 atom stereocenters. The summed E-state index contributed by atoms with van der Waals surface area (Å²) in [6.45, 7) is 6.08. The Bertz CT molecular complexity index is 444. The molecule has 2 rings (SSSR count). The van der Waals surface area contributed by atoms with Gasteiger partial charge in [-0.3, -0.25) is 4.79 Å². The third-order valence-electron chi connectivity index (χ3n) is 3.64. The standard InChI is InChI=1S/C16H24N2OS/c1-11(2)16(19)18-14-8-6-13(7-9-14)17-15-5-4-10-20-12(15)3/h6-9,11-12,15,17H,4-5,10H2,1-3H3,(H,18,19). The number of anilines is 2. The van der Waals surface area contributed by atoms with Gasteiger partial charge in [0.1, 0.15) is 0 Å². The summed E-state index contributed by atoms with van der Waals surface area (Å²) in [5.41, 5.74) is 1.99. The van der Waals surface area contributed by atoms with Gasteiger partial charge in [-0.05, 0) is 42.9 Å². The van der Waals surface area contributed by atoms with E-state index in [1.807, 2.05) is 49.9 Å². The molecule has 1 fully saturated rings. The van der Waals surface area contributed by atoms with Crippen molar-refractivity contribution in [2.24, 2.45) is 5.92 Å². The molecule has 0 aromatic heterocycles. The molecule has 0 aliphatic carbocycles. The lowest BCUT2D eigenvalue weighted by Crippen LogP contribution is -2.32. The van der Waals surface area contributed by atoms with Crippen LogP contribution >= 0.6 is 11.8 Å². The first-order chi connectivity index (χ1) is 9.56. The van der Waals surface area contributed by atoms with E-state index in [0.717, 1.165) is 11.4 Å². The van der Waals surface area contributed by atoms with E-state index in [9.17, 15) is 4.79 Å². The zero-order chi connectivity index (χ0) is 14.5. The van der Waals surface area contributed by atoms with Crippen molar-refractivity contribution in [3.63, 3.8) is 0 Å². The highest BCUT2D eigenvalue weighted by molar-refractivity contribution is 8.00. The van der Waals surface area contributed by atoms with Crippen molar-refractivity contribution in [3.8, 4) is 0 Å². The first-order valence-corrected chi connectivity index (χ1v) is 8.40. The summed E-state index contributed by atoms with van der Waals surface area (Å²) in [5.74, 6) is 1.34. The molecule has 110 valence electrons. The van der Waals surface area contributed by atoms with Gasteiger partial charge >= 0.3 is 0 Å². The molecule has 0 bridgehead atoms. The van der Waals surface area contributed by atoms with E-state index in [2.05, 4.69) is 17.6 Å². The lowest BCUT2D eigenvalue weighted by Gasteiger charge is -2.30. The van der Waals surface area contributed by atoms with Crippen LogP contribution in [0, 0.1) is 5.92 Å². The van der Waals surface area contributed by atoms with E-state index >= 15 is 0 Å². The number of thioether (sulfide) groups is 1. The van der Waals surface area contributed by atoms with Crippen LogP contribution in [-0.4, -0.2) is 23.0 Å². The molecule has 4 heteroatoms. The number of benzene rings is 1. The van der Waals surface area contributed by atoms with Gasteiger partial charge in [-0.15, -0.1) is 0 Å². The van der Waals surface area contributed by atoms with Gasteiger partial charge in [-0.2, -0.15) is 11.8 Å². The molecule has 1 aliphatic rings. The largest absolute Gasteiger partial charge is 0.381 e. The van der Waals surface area contributed by atoms with Gasteiger partial charge in [0.2, 0.25) is 5.91 Å². The SMILES string of the molecule is CC(C)C(=O)Nc1ccc(NC2CCCSC2C)cc1. The maximum atomic E-state index is 11.6. The van der Waals surface area contributed by atoms with Crippen LogP contribution in [-0.2, 0) is 4.79 Å². The molecule has 1 aliphatic heterocycles. The minimum atomic E-state index is 0.00733. The van der Waals surface area contributed by atoms with Gasteiger partial charge in [-0.25, -0.2) is 0 Å². The van der Waals surface area contributed by atoms with Crippen molar-refractivity contribution < 1.29 is 4.79 Å². The van der Waals surface area contributed by atoms with Crippen LogP contribution in [0.5, 0.6) is 0 Å². The number of rotatable bonds is 4. The van der Waals surface area contributed by atoms with Crippen LogP contribution in [0.3, 0.4) is 0 Å². The summed E-state index contributed by atoms with van der Waals surface area (Å²) in [7, 11) is 0. The lowest BCUT2D eigenvalue weighted by atomic mass is 10.1. The maximum Gasteiger partial charge on any atom is 0.226 e. The van der Waals surface area contributed by atoms with Gasteiger partial charge in [-0.1, -0.05) is 20.8 Å². The quantitative estimate of drug-likeness (QED) is 0.882. The number of nitrogens with one attached hydrogen (secondary N) is 2. The monoisotopic (exact) mass is 292 g/mol. The van der Waals surface area contributed by atoms with E-state index in [4.69, 9.17) is 0 Å². The summed E-state index contributed by atoms with van der Waals surface area (Å²) >= 11 is 2.04. The summed E-state index contributed by atoms with van der Waals surface area (Å²) in [5, 5.41) is 7.17. The van der Waals surface area contributed by atoms with Crippen LogP contribution in [0.25, 0.3) is 0 Å². The second-order valence-corrected chi connectivity index (χ2v) is 7.18. The Hall–Kier alpha value is -1.16. The highest BCUT2D eigenvalue weighted by atomic mass is 32.2. The normalized spacial score (nSPS) is 22.6. The van der Waals surface area contributed by atoms with E-state index in [1.54, 1.807) is 0 Å². The molecule has 2 unspecified atom stereocenters. The number of carbonyl (C=O) groups is 1. The zero-order valence-electron chi connectivity index (χ0n) is 12.5. The summed E-state index contributed by atoms with van der Waals surface area (Å²) in [6, 6.07) is 8.56. The third kappa shape index (κ3) is 4.17. The van der Waals surface area contributed by atoms with Crippen molar-refractivity contribution in [1.82, 2.24) is 0 Å². The van der Waals surface area contributed by atoms with Crippen LogP contribution in [0.2, 0.25) is 0 Å². The topological polar surface area (TPSA) is 41.1 Å². The minimum absolute atomic E-state index is 0.00733. The van der Waals surface area contributed by atoms with Crippen molar-refractivity contribution in [2.75, 3.05) is 16.4 Å². The highest BCUT2D eigenvalue weighted by Gasteiger charge is 2.21. The molecule has 3 nitrogen and oxygen atoms in total. The van der Waals surface area contributed by atoms with E-state index in [0.29, 0.717) is 11.3 Å². The molecular formula is C16H24N2OS. The van der Waals surface area contributed by atoms with Gasteiger partial charge in [0.15, 0.2) is 0 Å². The van der Waals surface area contributed by atoms with Crippen molar-refractivity contribution >= 4 is 29.0 Å². The fourth-order valence-electron chi connectivity index (χ4n) is 2.26. The second-order valence-electron chi connectivity index (χ2n) is 5.69. The number of carbonyl (C=O) groups excluding carboxylic acids is 1. The van der Waals surface area contributed by atoms with Crippen molar-refractivity contribution in [1.29, 1.82) is 0 Å². The van der Waals surface area contributed by atoms with E-state index < -0.39 is 0 Å². The fourth-order valence-corrected chi connectivity index (χ4v) is 3.40. The number of hydrogen-bond acceptors (Lipinski definition) is 3. The Kier molecular flexibility index (Phi) is 5.35. The molecule has 1 heterocycles. The van der Waals surface area contributed by atoms with Gasteiger partial charge in [0.05, 0.1) is 0 Å². The van der Waals surface area contributed by atoms with Crippen molar-refractivity contribution in [3.05, 3.63) is 24.3 Å². The second kappa shape index (κ2) is 7.02. The Morgan fingerprint density at radius 1 is 1.25 bits per heavy atom. The van der Waals surface area contributed by atoms with Gasteiger partial charge in [0, 0.05) is 28.6 Å². The van der Waals surface area contributed by atoms with Crippen LogP contribution in [0.1, 0.15) is 33.6 Å². The molecule has 0 spiro atoms. The van der Waals surface area contributed by atoms with Crippen molar-refractivity contribution in [2.45, 2.75) is 44.9 Å². The van der Waals surface area contributed by atoms with Crippen LogP contribution in [0.4, 0.5) is 11.4 Å². The Morgan fingerprint density at radius 3 is 2.50 bits per heavy atom. The van der Waals surface area contributed by atoms with E-state index in [-0.39, 0.29) is 11.8 Å². The molecule has 0 saturated carbocycles. The Balaban J connectivity index is 1.92. The maximum absolute atomic E-state index is 11.6. The molecule has 1 saturated heterocycles. The van der Waals surface area contributed by atoms with Gasteiger partial charge in [0.25, 0.3) is 0 Å². The fraction of sp³-hybridized carbons (Fsp3) is 0.562. The van der Waals surface area contributed by atoms with Gasteiger partial charge < -0.3 is 10.6 Å². The number of hydrogen-bond donors (Lipinski definition) is 2. The first kappa shape index (κ1) is 15.2. The van der Waals surface area contributed by atoms with Crippen LogP contribution in [0.15, 0.2) is 24.3 Å². The molecule has 1 amide bonds. The summed E-state index contributed by atoms with van der Waals surface area (Å²) in [4.78, 5) is 11.6. The molecule has 20 heavy (non-hydrogen) atoms. The average Bonchev–Trinajstić information content (AvgIpc) is 2.43. The summed E-state index contributed by atoms with van der Waals surface area (Å²) in [6.07, 6.45) is 2.52. The highest BCUT2D eigenvalue weighted by Crippen LogP contribution is 2.28. The summed E-state index contributed by atoms with van der Waals surface area (Å²) < 4.78 is 0. The average molecular weight is 292 g/mol.